The minimum Gasteiger partial charge on any atom is -0.389 e. The lowest BCUT2D eigenvalue weighted by molar-refractivity contribution is -0.175. The Morgan fingerprint density at radius 2 is 1.89 bits per heavy atom. The van der Waals surface area contributed by atoms with Crippen LogP contribution in [-0.4, -0.2) is 47.7 Å². The zero-order valence-corrected chi connectivity index (χ0v) is 11.9. The number of terminal acetylenes is 1. The standard InChI is InChI=1S/C14H22O5/c1-6-7-9(15)11-12(19-14(4,5)18-11)10-8-16-13(2,3)17-10/h1,9-12,15H,7-8H2,2-5H3/t9-,10+,11-,12-/m0/s1. The predicted molar refractivity (Wildman–Crippen MR) is 68.2 cm³/mol. The maximum Gasteiger partial charge on any atom is 0.164 e. The predicted octanol–water partition coefficient (Wildman–Crippen LogP) is 1.04. The molecular weight excluding hydrogens is 248 g/mol. The number of hydrogen-bond donors (Lipinski definition) is 1. The van der Waals surface area contributed by atoms with E-state index in [1.165, 1.54) is 0 Å². The Labute approximate surface area is 114 Å². The van der Waals surface area contributed by atoms with Gasteiger partial charge < -0.3 is 24.1 Å². The summed E-state index contributed by atoms with van der Waals surface area (Å²) in [6, 6.07) is 0. The van der Waals surface area contributed by atoms with Gasteiger partial charge in [0.05, 0.1) is 12.7 Å². The quantitative estimate of drug-likeness (QED) is 0.777. The normalized spacial score (nSPS) is 38.0. The molecule has 0 aromatic rings. The van der Waals surface area contributed by atoms with Crippen molar-refractivity contribution < 1.29 is 24.1 Å². The van der Waals surface area contributed by atoms with E-state index in [9.17, 15) is 5.11 Å². The van der Waals surface area contributed by atoms with Crippen molar-refractivity contribution in [2.45, 2.75) is 70.1 Å². The summed E-state index contributed by atoms with van der Waals surface area (Å²) in [7, 11) is 0. The van der Waals surface area contributed by atoms with Crippen molar-refractivity contribution in [2.24, 2.45) is 0 Å². The van der Waals surface area contributed by atoms with E-state index in [1.54, 1.807) is 0 Å². The SMILES string of the molecule is C#CC[C@H](O)[C@@H]1OC(C)(C)O[C@H]1[C@H]1COC(C)(C)O1. The summed E-state index contributed by atoms with van der Waals surface area (Å²) in [4.78, 5) is 0. The second-order valence-corrected chi connectivity index (χ2v) is 5.91. The molecule has 1 N–H and O–H groups in total. The number of aliphatic hydroxyl groups is 1. The average molecular weight is 270 g/mol. The molecule has 2 aliphatic heterocycles. The molecule has 0 amide bonds. The molecule has 0 aromatic heterocycles. The first-order valence-electron chi connectivity index (χ1n) is 6.53. The van der Waals surface area contributed by atoms with Gasteiger partial charge in [0.25, 0.3) is 0 Å². The maximum atomic E-state index is 10.1. The lowest BCUT2D eigenvalue weighted by Gasteiger charge is -2.25. The summed E-state index contributed by atoms with van der Waals surface area (Å²) in [5.41, 5.74) is 0. The smallest absolute Gasteiger partial charge is 0.164 e. The average Bonchev–Trinajstić information content (AvgIpc) is 2.78. The van der Waals surface area contributed by atoms with Gasteiger partial charge in [0, 0.05) is 6.42 Å². The van der Waals surface area contributed by atoms with Crippen molar-refractivity contribution in [3.8, 4) is 12.3 Å². The minimum atomic E-state index is -0.774. The molecule has 108 valence electrons. The highest BCUT2D eigenvalue weighted by molar-refractivity contribution is 4.98. The lowest BCUT2D eigenvalue weighted by atomic mass is 10.0. The van der Waals surface area contributed by atoms with Crippen molar-refractivity contribution in [2.75, 3.05) is 6.61 Å². The molecule has 2 fully saturated rings. The zero-order valence-electron chi connectivity index (χ0n) is 11.9. The zero-order chi connectivity index (χ0) is 14.3. The molecule has 0 spiro atoms. The van der Waals surface area contributed by atoms with Crippen LogP contribution in [0, 0.1) is 12.3 Å². The van der Waals surface area contributed by atoms with E-state index in [1.807, 2.05) is 27.7 Å². The number of rotatable bonds is 3. The summed E-state index contributed by atoms with van der Waals surface area (Å²) >= 11 is 0. The van der Waals surface area contributed by atoms with Gasteiger partial charge in [0.2, 0.25) is 0 Å². The van der Waals surface area contributed by atoms with E-state index in [-0.39, 0.29) is 18.6 Å². The van der Waals surface area contributed by atoms with Gasteiger partial charge in [-0.3, -0.25) is 0 Å². The van der Waals surface area contributed by atoms with Crippen molar-refractivity contribution in [3.63, 3.8) is 0 Å². The first-order valence-corrected chi connectivity index (χ1v) is 6.53. The van der Waals surface area contributed by atoms with Crippen molar-refractivity contribution in [3.05, 3.63) is 0 Å². The lowest BCUT2D eigenvalue weighted by Crippen LogP contribution is -2.43. The number of aliphatic hydroxyl groups excluding tert-OH is 1. The van der Waals surface area contributed by atoms with E-state index in [0.717, 1.165) is 0 Å². The Balaban J connectivity index is 2.11. The van der Waals surface area contributed by atoms with E-state index < -0.39 is 23.8 Å². The van der Waals surface area contributed by atoms with Crippen LogP contribution in [0.5, 0.6) is 0 Å². The summed E-state index contributed by atoms with van der Waals surface area (Å²) < 4.78 is 22.9. The molecular formula is C14H22O5. The molecule has 0 unspecified atom stereocenters. The minimum absolute atomic E-state index is 0.220. The Kier molecular flexibility index (Phi) is 3.92. The van der Waals surface area contributed by atoms with Crippen LogP contribution < -0.4 is 0 Å². The first kappa shape index (κ1) is 14.8. The molecule has 19 heavy (non-hydrogen) atoms. The van der Waals surface area contributed by atoms with Gasteiger partial charge in [0.15, 0.2) is 11.6 Å². The van der Waals surface area contributed by atoms with Gasteiger partial charge in [-0.05, 0) is 27.7 Å². The van der Waals surface area contributed by atoms with Crippen LogP contribution in [0.1, 0.15) is 34.1 Å². The van der Waals surface area contributed by atoms with E-state index in [4.69, 9.17) is 25.4 Å². The van der Waals surface area contributed by atoms with Crippen molar-refractivity contribution in [1.29, 1.82) is 0 Å². The first-order chi connectivity index (χ1) is 8.74. The molecule has 0 aromatic carbocycles. The van der Waals surface area contributed by atoms with Crippen LogP contribution in [0.15, 0.2) is 0 Å². The molecule has 4 atom stereocenters. The van der Waals surface area contributed by atoms with Gasteiger partial charge >= 0.3 is 0 Å². The second-order valence-electron chi connectivity index (χ2n) is 5.91. The third-order valence-corrected chi connectivity index (χ3v) is 3.27. The summed E-state index contributed by atoms with van der Waals surface area (Å²) in [5, 5.41) is 10.1. The van der Waals surface area contributed by atoms with E-state index in [2.05, 4.69) is 5.92 Å². The fourth-order valence-electron chi connectivity index (χ4n) is 2.52. The molecule has 5 nitrogen and oxygen atoms in total. The molecule has 2 heterocycles. The topological polar surface area (TPSA) is 57.2 Å². The van der Waals surface area contributed by atoms with Gasteiger partial charge in [-0.2, -0.15) is 0 Å². The van der Waals surface area contributed by atoms with Gasteiger partial charge in [-0.1, -0.05) is 0 Å². The highest BCUT2D eigenvalue weighted by atomic mass is 16.8. The molecule has 5 heteroatoms. The second kappa shape index (κ2) is 5.04. The number of hydrogen-bond acceptors (Lipinski definition) is 5. The molecule has 2 aliphatic rings. The maximum absolute atomic E-state index is 10.1. The molecule has 2 rings (SSSR count). The van der Waals surface area contributed by atoms with E-state index >= 15 is 0 Å². The fraction of sp³-hybridized carbons (Fsp3) is 0.857. The van der Waals surface area contributed by atoms with Crippen LogP contribution in [0.4, 0.5) is 0 Å². The summed E-state index contributed by atoms with van der Waals surface area (Å²) in [6.07, 6.45) is 3.53. The molecule has 0 saturated carbocycles. The van der Waals surface area contributed by atoms with Crippen LogP contribution in [0.2, 0.25) is 0 Å². The largest absolute Gasteiger partial charge is 0.389 e. The highest BCUT2D eigenvalue weighted by Crippen LogP contribution is 2.37. The highest BCUT2D eigenvalue weighted by Gasteiger charge is 2.51. The van der Waals surface area contributed by atoms with Crippen LogP contribution in [0.3, 0.4) is 0 Å². The monoisotopic (exact) mass is 270 g/mol. The molecule has 0 radical (unpaired) electrons. The third kappa shape index (κ3) is 3.28. The molecule has 0 bridgehead atoms. The molecule has 2 saturated heterocycles. The van der Waals surface area contributed by atoms with Crippen LogP contribution in [0.25, 0.3) is 0 Å². The van der Waals surface area contributed by atoms with E-state index in [0.29, 0.717) is 6.61 Å². The van der Waals surface area contributed by atoms with Gasteiger partial charge in [-0.15, -0.1) is 12.3 Å². The Morgan fingerprint density at radius 1 is 1.21 bits per heavy atom. The Bertz CT molecular complexity index is 371. The summed E-state index contributed by atoms with van der Waals surface area (Å²) in [5.74, 6) is 1.04. The van der Waals surface area contributed by atoms with Crippen LogP contribution in [-0.2, 0) is 18.9 Å². The van der Waals surface area contributed by atoms with Crippen molar-refractivity contribution in [1.82, 2.24) is 0 Å². The third-order valence-electron chi connectivity index (χ3n) is 3.27. The Morgan fingerprint density at radius 3 is 2.42 bits per heavy atom. The molecule has 0 aliphatic carbocycles. The summed E-state index contributed by atoms with van der Waals surface area (Å²) in [6.45, 7) is 7.73. The fourth-order valence-corrected chi connectivity index (χ4v) is 2.52. The van der Waals surface area contributed by atoms with Crippen LogP contribution >= 0.6 is 0 Å². The number of ether oxygens (including phenoxy) is 4. The Hall–Kier alpha value is -0.640. The van der Waals surface area contributed by atoms with Gasteiger partial charge in [0.1, 0.15) is 18.3 Å². The van der Waals surface area contributed by atoms with Gasteiger partial charge in [-0.25, -0.2) is 0 Å². The van der Waals surface area contributed by atoms with Crippen molar-refractivity contribution >= 4 is 0 Å².